The van der Waals surface area contributed by atoms with Crippen molar-refractivity contribution in [2.75, 3.05) is 19.6 Å². The summed E-state index contributed by atoms with van der Waals surface area (Å²) in [7, 11) is 0. The second-order valence-corrected chi connectivity index (χ2v) is 5.64. The summed E-state index contributed by atoms with van der Waals surface area (Å²) < 4.78 is 0. The van der Waals surface area contributed by atoms with Gasteiger partial charge in [0.1, 0.15) is 0 Å². The van der Waals surface area contributed by atoms with E-state index in [4.69, 9.17) is 0 Å². The zero-order valence-electron chi connectivity index (χ0n) is 10.6. The smallest absolute Gasteiger partial charge is 0.0192 e. The Kier molecular flexibility index (Phi) is 5.64. The van der Waals surface area contributed by atoms with Crippen molar-refractivity contribution in [3.05, 3.63) is 0 Å². The summed E-state index contributed by atoms with van der Waals surface area (Å²) in [6, 6.07) is 0.750. The first-order chi connectivity index (χ1) is 7.95. The number of hydrogen-bond acceptors (Lipinski definition) is 2. The highest BCUT2D eigenvalue weighted by Crippen LogP contribution is 2.25. The maximum atomic E-state index is 3.64. The molecule has 16 heavy (non-hydrogen) atoms. The van der Waals surface area contributed by atoms with E-state index in [2.05, 4.69) is 10.6 Å². The molecule has 2 heteroatoms. The highest BCUT2D eigenvalue weighted by Gasteiger charge is 2.14. The third-order valence-electron chi connectivity index (χ3n) is 4.26. The SMILES string of the molecule is C1CCC(CCNCC2CCCCN2)CC1. The summed E-state index contributed by atoms with van der Waals surface area (Å²) in [4.78, 5) is 0. The molecule has 2 aliphatic rings. The Balaban J connectivity index is 1.47. The normalized spacial score (nSPS) is 28.1. The number of hydrogen-bond donors (Lipinski definition) is 2. The van der Waals surface area contributed by atoms with Crippen molar-refractivity contribution in [2.45, 2.75) is 63.8 Å². The predicted molar refractivity (Wildman–Crippen MR) is 69.7 cm³/mol. The van der Waals surface area contributed by atoms with E-state index in [-0.39, 0.29) is 0 Å². The van der Waals surface area contributed by atoms with Gasteiger partial charge < -0.3 is 10.6 Å². The van der Waals surface area contributed by atoms with E-state index in [0.717, 1.165) is 12.0 Å². The molecule has 0 bridgehead atoms. The maximum Gasteiger partial charge on any atom is 0.0192 e. The molecule has 1 heterocycles. The van der Waals surface area contributed by atoms with Gasteiger partial charge in [-0.3, -0.25) is 0 Å². The average molecular weight is 224 g/mol. The van der Waals surface area contributed by atoms with E-state index in [0.29, 0.717) is 0 Å². The van der Waals surface area contributed by atoms with Crippen LogP contribution in [0.1, 0.15) is 57.8 Å². The van der Waals surface area contributed by atoms with Crippen molar-refractivity contribution in [1.29, 1.82) is 0 Å². The lowest BCUT2D eigenvalue weighted by atomic mass is 9.87. The zero-order valence-corrected chi connectivity index (χ0v) is 10.6. The molecule has 1 atom stereocenters. The lowest BCUT2D eigenvalue weighted by Gasteiger charge is -2.25. The Morgan fingerprint density at radius 3 is 2.50 bits per heavy atom. The molecule has 2 rings (SSSR count). The van der Waals surface area contributed by atoms with Crippen LogP contribution < -0.4 is 10.6 Å². The minimum Gasteiger partial charge on any atom is -0.315 e. The van der Waals surface area contributed by atoms with Gasteiger partial charge in [0.15, 0.2) is 0 Å². The standard InChI is InChI=1S/C14H28N2/c1-2-6-13(7-3-1)9-11-15-12-14-8-4-5-10-16-14/h13-16H,1-12H2. The van der Waals surface area contributed by atoms with Gasteiger partial charge in [-0.05, 0) is 38.3 Å². The van der Waals surface area contributed by atoms with E-state index in [1.54, 1.807) is 0 Å². The summed E-state index contributed by atoms with van der Waals surface area (Å²) in [6.07, 6.45) is 13.0. The maximum absolute atomic E-state index is 3.64. The first-order valence-corrected chi connectivity index (χ1v) is 7.39. The van der Waals surface area contributed by atoms with Gasteiger partial charge in [0.2, 0.25) is 0 Å². The molecule has 2 N–H and O–H groups in total. The average Bonchev–Trinajstić information content (AvgIpc) is 2.37. The van der Waals surface area contributed by atoms with Gasteiger partial charge in [0, 0.05) is 12.6 Å². The Labute approximate surface area is 101 Å². The van der Waals surface area contributed by atoms with Gasteiger partial charge in [0.05, 0.1) is 0 Å². The molecule has 0 spiro atoms. The van der Waals surface area contributed by atoms with Crippen LogP contribution in [0.4, 0.5) is 0 Å². The molecule has 0 aromatic heterocycles. The second kappa shape index (κ2) is 7.29. The van der Waals surface area contributed by atoms with Crippen LogP contribution in [-0.4, -0.2) is 25.7 Å². The Hall–Kier alpha value is -0.0800. The molecule has 2 fully saturated rings. The third-order valence-corrected chi connectivity index (χ3v) is 4.26. The van der Waals surface area contributed by atoms with Crippen LogP contribution in [0.15, 0.2) is 0 Å². The van der Waals surface area contributed by atoms with Crippen molar-refractivity contribution in [3.63, 3.8) is 0 Å². The van der Waals surface area contributed by atoms with Crippen LogP contribution >= 0.6 is 0 Å². The Bertz CT molecular complexity index is 150. The van der Waals surface area contributed by atoms with E-state index in [1.165, 1.54) is 77.4 Å². The minimum absolute atomic E-state index is 0.750. The van der Waals surface area contributed by atoms with Crippen LogP contribution in [-0.2, 0) is 0 Å². The Morgan fingerprint density at radius 1 is 0.938 bits per heavy atom. The molecular weight excluding hydrogens is 196 g/mol. The van der Waals surface area contributed by atoms with E-state index < -0.39 is 0 Å². The van der Waals surface area contributed by atoms with Crippen molar-refractivity contribution in [2.24, 2.45) is 5.92 Å². The molecule has 0 aromatic carbocycles. The quantitative estimate of drug-likeness (QED) is 0.702. The van der Waals surface area contributed by atoms with Crippen LogP contribution in [0.2, 0.25) is 0 Å². The summed E-state index contributed by atoms with van der Waals surface area (Å²) in [5.41, 5.74) is 0. The molecule has 1 saturated heterocycles. The highest BCUT2D eigenvalue weighted by atomic mass is 15.0. The fourth-order valence-corrected chi connectivity index (χ4v) is 3.16. The molecule has 1 aliphatic carbocycles. The molecule has 1 saturated carbocycles. The first-order valence-electron chi connectivity index (χ1n) is 7.39. The third kappa shape index (κ3) is 4.42. The summed E-state index contributed by atoms with van der Waals surface area (Å²) in [5.74, 6) is 1.03. The molecule has 0 amide bonds. The van der Waals surface area contributed by atoms with Crippen molar-refractivity contribution in [3.8, 4) is 0 Å². The monoisotopic (exact) mass is 224 g/mol. The van der Waals surface area contributed by atoms with Crippen LogP contribution in [0, 0.1) is 5.92 Å². The zero-order chi connectivity index (χ0) is 11.1. The molecule has 94 valence electrons. The number of piperidine rings is 1. The lowest BCUT2D eigenvalue weighted by molar-refractivity contribution is 0.325. The van der Waals surface area contributed by atoms with Crippen molar-refractivity contribution in [1.82, 2.24) is 10.6 Å². The van der Waals surface area contributed by atoms with Gasteiger partial charge in [0.25, 0.3) is 0 Å². The molecule has 2 nitrogen and oxygen atoms in total. The van der Waals surface area contributed by atoms with Gasteiger partial charge in [-0.2, -0.15) is 0 Å². The summed E-state index contributed by atoms with van der Waals surface area (Å²) in [6.45, 7) is 3.66. The van der Waals surface area contributed by atoms with Crippen LogP contribution in [0.25, 0.3) is 0 Å². The largest absolute Gasteiger partial charge is 0.315 e. The van der Waals surface area contributed by atoms with Crippen LogP contribution in [0.5, 0.6) is 0 Å². The highest BCUT2D eigenvalue weighted by molar-refractivity contribution is 4.74. The first kappa shape index (κ1) is 12.4. The fraction of sp³-hybridized carbons (Fsp3) is 1.00. The molecular formula is C14H28N2. The van der Waals surface area contributed by atoms with Gasteiger partial charge in [-0.25, -0.2) is 0 Å². The summed E-state index contributed by atoms with van der Waals surface area (Å²) >= 11 is 0. The van der Waals surface area contributed by atoms with E-state index in [1.807, 2.05) is 0 Å². The summed E-state index contributed by atoms with van der Waals surface area (Å²) in [5, 5.41) is 7.23. The van der Waals surface area contributed by atoms with Crippen LogP contribution in [0.3, 0.4) is 0 Å². The van der Waals surface area contributed by atoms with E-state index >= 15 is 0 Å². The van der Waals surface area contributed by atoms with Gasteiger partial charge in [-0.15, -0.1) is 0 Å². The topological polar surface area (TPSA) is 24.1 Å². The van der Waals surface area contributed by atoms with Crippen molar-refractivity contribution >= 4 is 0 Å². The molecule has 0 aromatic rings. The minimum atomic E-state index is 0.750. The van der Waals surface area contributed by atoms with Crippen molar-refractivity contribution < 1.29 is 0 Å². The molecule has 1 unspecified atom stereocenters. The Morgan fingerprint density at radius 2 is 1.75 bits per heavy atom. The van der Waals surface area contributed by atoms with Gasteiger partial charge >= 0.3 is 0 Å². The fourth-order valence-electron chi connectivity index (χ4n) is 3.16. The van der Waals surface area contributed by atoms with E-state index in [9.17, 15) is 0 Å². The predicted octanol–water partition coefficient (Wildman–Crippen LogP) is 2.69. The molecule has 0 radical (unpaired) electrons. The van der Waals surface area contributed by atoms with Gasteiger partial charge in [-0.1, -0.05) is 38.5 Å². The lowest BCUT2D eigenvalue weighted by Crippen LogP contribution is -2.42. The molecule has 1 aliphatic heterocycles. The number of nitrogens with one attached hydrogen (secondary N) is 2. The second-order valence-electron chi connectivity index (χ2n) is 5.64. The number of rotatable bonds is 5.